The molecule has 0 radical (unpaired) electrons. The highest BCUT2D eigenvalue weighted by Gasteiger charge is 2.10. The monoisotopic (exact) mass is 255 g/mol. The number of rotatable bonds is 6. The van der Waals surface area contributed by atoms with Crippen molar-refractivity contribution in [2.45, 2.75) is 38.5 Å². The van der Waals surface area contributed by atoms with Gasteiger partial charge < -0.3 is 5.32 Å². The van der Waals surface area contributed by atoms with Crippen molar-refractivity contribution in [1.29, 1.82) is 0 Å². The molecule has 0 aromatic heterocycles. The lowest BCUT2D eigenvalue weighted by Crippen LogP contribution is -2.30. The van der Waals surface area contributed by atoms with Gasteiger partial charge in [-0.15, -0.1) is 0 Å². The molecule has 1 aromatic rings. The molecule has 0 amide bonds. The van der Waals surface area contributed by atoms with Gasteiger partial charge in [-0.1, -0.05) is 19.9 Å². The van der Waals surface area contributed by atoms with E-state index in [0.29, 0.717) is 11.3 Å². The Kier molecular flexibility index (Phi) is 6.00. The molecule has 0 spiro atoms. The van der Waals surface area contributed by atoms with E-state index in [-0.39, 0.29) is 5.82 Å². The molecule has 0 saturated carbocycles. The van der Waals surface area contributed by atoms with Gasteiger partial charge in [0.15, 0.2) is 0 Å². The molecule has 96 valence electrons. The Bertz CT molecular complexity index is 352. The molecule has 0 aliphatic heterocycles. The van der Waals surface area contributed by atoms with Gasteiger partial charge in [-0.05, 0) is 48.9 Å². The van der Waals surface area contributed by atoms with E-state index in [0.717, 1.165) is 17.7 Å². The second-order valence-electron chi connectivity index (χ2n) is 4.64. The Morgan fingerprint density at radius 3 is 2.59 bits per heavy atom. The van der Waals surface area contributed by atoms with E-state index in [1.165, 1.54) is 5.56 Å². The first kappa shape index (κ1) is 14.5. The van der Waals surface area contributed by atoms with Gasteiger partial charge in [0.25, 0.3) is 0 Å². The molecule has 0 heterocycles. The molecule has 0 aliphatic rings. The molecule has 1 N–H and O–H groups in total. The van der Waals surface area contributed by atoms with Crippen LogP contribution < -0.4 is 5.32 Å². The van der Waals surface area contributed by atoms with Gasteiger partial charge in [0.05, 0.1) is 0 Å². The fourth-order valence-corrected chi connectivity index (χ4v) is 2.61. The van der Waals surface area contributed by atoms with Crippen molar-refractivity contribution in [2.24, 2.45) is 0 Å². The highest BCUT2D eigenvalue weighted by molar-refractivity contribution is 7.99. The summed E-state index contributed by atoms with van der Waals surface area (Å²) in [5, 5.41) is 3.99. The fourth-order valence-electron chi connectivity index (χ4n) is 1.71. The number of nitrogens with one attached hydrogen (secondary N) is 1. The normalized spacial score (nSPS) is 13.1. The van der Waals surface area contributed by atoms with Gasteiger partial charge in [-0.2, -0.15) is 11.8 Å². The van der Waals surface area contributed by atoms with Crippen LogP contribution >= 0.6 is 11.8 Å². The van der Waals surface area contributed by atoms with Crippen LogP contribution in [0.15, 0.2) is 18.2 Å². The first-order chi connectivity index (χ1) is 8.02. The summed E-state index contributed by atoms with van der Waals surface area (Å²) in [7, 11) is 1.99. The van der Waals surface area contributed by atoms with Crippen molar-refractivity contribution in [3.8, 4) is 0 Å². The smallest absolute Gasteiger partial charge is 0.123 e. The zero-order valence-corrected chi connectivity index (χ0v) is 11.9. The lowest BCUT2D eigenvalue weighted by Gasteiger charge is -2.18. The lowest BCUT2D eigenvalue weighted by atomic mass is 10.0. The molecule has 0 aliphatic carbocycles. The maximum Gasteiger partial charge on any atom is 0.123 e. The van der Waals surface area contributed by atoms with Crippen LogP contribution in [-0.2, 0) is 6.42 Å². The second-order valence-corrected chi connectivity index (χ2v) is 6.25. The minimum Gasteiger partial charge on any atom is -0.316 e. The van der Waals surface area contributed by atoms with Crippen molar-refractivity contribution in [1.82, 2.24) is 5.32 Å². The zero-order chi connectivity index (χ0) is 12.8. The quantitative estimate of drug-likeness (QED) is 0.836. The number of thioether (sulfide) groups is 1. The largest absolute Gasteiger partial charge is 0.316 e. The third-order valence-corrected chi connectivity index (χ3v) is 4.07. The zero-order valence-electron chi connectivity index (χ0n) is 11.1. The predicted molar refractivity (Wildman–Crippen MR) is 75.3 cm³/mol. The Hall–Kier alpha value is -0.540. The summed E-state index contributed by atoms with van der Waals surface area (Å²) < 4.78 is 13.0. The van der Waals surface area contributed by atoms with E-state index in [1.807, 2.05) is 31.8 Å². The van der Waals surface area contributed by atoms with Crippen LogP contribution in [0.3, 0.4) is 0 Å². The average molecular weight is 255 g/mol. The highest BCUT2D eigenvalue weighted by Crippen LogP contribution is 2.16. The number of likely N-dealkylation sites (N-methyl/N-ethyl adjacent to an activating group) is 1. The molecule has 0 bridgehead atoms. The number of halogens is 1. The first-order valence-corrected chi connectivity index (χ1v) is 7.11. The van der Waals surface area contributed by atoms with Crippen LogP contribution in [0.5, 0.6) is 0 Å². The molecule has 1 unspecified atom stereocenters. The molecule has 0 fully saturated rings. The summed E-state index contributed by atoms with van der Waals surface area (Å²) in [5.41, 5.74) is 2.27. The fraction of sp³-hybridized carbons (Fsp3) is 0.571. The minimum absolute atomic E-state index is 0.149. The summed E-state index contributed by atoms with van der Waals surface area (Å²) in [6.07, 6.45) is 0.961. The summed E-state index contributed by atoms with van der Waals surface area (Å²) in [5.74, 6) is 0.939. The van der Waals surface area contributed by atoms with Crippen molar-refractivity contribution in [3.05, 3.63) is 35.1 Å². The summed E-state index contributed by atoms with van der Waals surface area (Å²) in [4.78, 5) is 0. The molecule has 1 rings (SSSR count). The van der Waals surface area contributed by atoms with E-state index in [1.54, 1.807) is 12.1 Å². The van der Waals surface area contributed by atoms with Crippen molar-refractivity contribution < 1.29 is 4.39 Å². The molecular weight excluding hydrogens is 233 g/mol. The highest BCUT2D eigenvalue weighted by atomic mass is 32.2. The molecular formula is C14H22FNS. The Morgan fingerprint density at radius 2 is 2.06 bits per heavy atom. The van der Waals surface area contributed by atoms with E-state index in [2.05, 4.69) is 19.2 Å². The van der Waals surface area contributed by atoms with Gasteiger partial charge in [-0.25, -0.2) is 4.39 Å². The molecule has 0 saturated heterocycles. The van der Waals surface area contributed by atoms with E-state index >= 15 is 0 Å². The van der Waals surface area contributed by atoms with E-state index in [9.17, 15) is 4.39 Å². The molecule has 3 heteroatoms. The van der Waals surface area contributed by atoms with Gasteiger partial charge in [0.1, 0.15) is 5.82 Å². The Labute approximate surface area is 108 Å². The van der Waals surface area contributed by atoms with Crippen LogP contribution in [-0.4, -0.2) is 24.1 Å². The van der Waals surface area contributed by atoms with Crippen LogP contribution in [0.4, 0.5) is 4.39 Å². The number of hydrogen-bond donors (Lipinski definition) is 1. The number of aryl methyl sites for hydroxylation is 1. The van der Waals surface area contributed by atoms with Gasteiger partial charge in [-0.3, -0.25) is 0 Å². The first-order valence-electron chi connectivity index (χ1n) is 6.06. The number of hydrogen-bond acceptors (Lipinski definition) is 2. The van der Waals surface area contributed by atoms with Crippen LogP contribution in [0.1, 0.15) is 25.0 Å². The van der Waals surface area contributed by atoms with E-state index in [4.69, 9.17) is 0 Å². The Balaban J connectivity index is 2.60. The standard InChI is InChI=1S/C14H22FNS/c1-10(2)17-9-14(16-4)8-12-5-6-13(15)7-11(12)3/h5-7,10,14,16H,8-9H2,1-4H3. The molecule has 1 atom stereocenters. The van der Waals surface area contributed by atoms with Crippen LogP contribution in [0.2, 0.25) is 0 Å². The molecule has 1 aromatic carbocycles. The number of benzene rings is 1. The van der Waals surface area contributed by atoms with E-state index < -0.39 is 0 Å². The minimum atomic E-state index is -0.149. The summed E-state index contributed by atoms with van der Waals surface area (Å²) in [6.45, 7) is 6.39. The average Bonchev–Trinajstić information content (AvgIpc) is 2.26. The summed E-state index contributed by atoms with van der Waals surface area (Å²) in [6, 6.07) is 5.50. The van der Waals surface area contributed by atoms with Gasteiger partial charge in [0.2, 0.25) is 0 Å². The maximum atomic E-state index is 13.0. The summed E-state index contributed by atoms with van der Waals surface area (Å²) >= 11 is 1.96. The topological polar surface area (TPSA) is 12.0 Å². The lowest BCUT2D eigenvalue weighted by molar-refractivity contribution is 0.606. The van der Waals surface area contributed by atoms with Crippen molar-refractivity contribution >= 4 is 11.8 Å². The third-order valence-electron chi connectivity index (χ3n) is 2.81. The second kappa shape index (κ2) is 7.02. The SMILES string of the molecule is CNC(CSC(C)C)Cc1ccc(F)cc1C. The molecule has 1 nitrogen and oxygen atoms in total. The van der Waals surface area contributed by atoms with Crippen molar-refractivity contribution in [2.75, 3.05) is 12.8 Å². The van der Waals surface area contributed by atoms with Crippen molar-refractivity contribution in [3.63, 3.8) is 0 Å². The molecule has 17 heavy (non-hydrogen) atoms. The van der Waals surface area contributed by atoms with Crippen LogP contribution in [0.25, 0.3) is 0 Å². The van der Waals surface area contributed by atoms with Crippen LogP contribution in [0, 0.1) is 12.7 Å². The van der Waals surface area contributed by atoms with Gasteiger partial charge >= 0.3 is 0 Å². The maximum absolute atomic E-state index is 13.0. The Morgan fingerprint density at radius 1 is 1.35 bits per heavy atom. The predicted octanol–water partition coefficient (Wildman–Crippen LogP) is 3.41. The van der Waals surface area contributed by atoms with Gasteiger partial charge in [0, 0.05) is 11.8 Å². The third kappa shape index (κ3) is 5.09.